The van der Waals surface area contributed by atoms with Gasteiger partial charge in [-0.05, 0) is 27.3 Å². The lowest BCUT2D eigenvalue weighted by atomic mass is 10.3. The highest BCUT2D eigenvalue weighted by atomic mass is 32.2. The van der Waals surface area contributed by atoms with Crippen molar-refractivity contribution in [3.63, 3.8) is 0 Å². The largest absolute Gasteiger partial charge is 0.361 e. The molecule has 0 aliphatic rings. The maximum Gasteiger partial charge on any atom is 0.211 e. The molecule has 0 aliphatic heterocycles. The maximum absolute atomic E-state index is 11.6. The van der Waals surface area contributed by atoms with Crippen LogP contribution < -0.4 is 4.72 Å². The number of hydrogen-bond acceptors (Lipinski definition) is 5. The van der Waals surface area contributed by atoms with Crippen LogP contribution in [-0.4, -0.2) is 43.9 Å². The minimum Gasteiger partial charge on any atom is -0.361 e. The Labute approximate surface area is 115 Å². The van der Waals surface area contributed by atoms with Gasteiger partial charge in [-0.15, -0.1) is 0 Å². The maximum atomic E-state index is 11.6. The van der Waals surface area contributed by atoms with E-state index >= 15 is 0 Å². The predicted octanol–water partition coefficient (Wildman–Crippen LogP) is 1.13. The summed E-state index contributed by atoms with van der Waals surface area (Å²) in [5, 5.41) is 3.92. The van der Waals surface area contributed by atoms with Gasteiger partial charge in [0, 0.05) is 25.2 Å². The number of aromatic nitrogens is 1. The second kappa shape index (κ2) is 7.02. The molecule has 0 aromatic carbocycles. The van der Waals surface area contributed by atoms with E-state index in [1.54, 1.807) is 0 Å². The number of sulfonamides is 1. The van der Waals surface area contributed by atoms with Crippen LogP contribution in [-0.2, 0) is 16.6 Å². The van der Waals surface area contributed by atoms with Crippen LogP contribution >= 0.6 is 0 Å². The Morgan fingerprint density at radius 1 is 1.53 bits per heavy atom. The SMILES string of the molecule is CCCS(=O)(=O)NC[C@H](C)N(C)Cc1cc(C)on1. The molecule has 1 atom stereocenters. The summed E-state index contributed by atoms with van der Waals surface area (Å²) < 4.78 is 30.7. The summed E-state index contributed by atoms with van der Waals surface area (Å²) in [5.74, 6) is 0.950. The molecule has 110 valence electrons. The third-order valence-corrected chi connectivity index (χ3v) is 4.46. The van der Waals surface area contributed by atoms with Gasteiger partial charge in [0.2, 0.25) is 10.0 Å². The first-order valence-corrected chi connectivity index (χ1v) is 8.09. The molecule has 0 spiro atoms. The zero-order valence-corrected chi connectivity index (χ0v) is 12.8. The van der Waals surface area contributed by atoms with E-state index < -0.39 is 10.0 Å². The van der Waals surface area contributed by atoms with E-state index in [1.807, 2.05) is 38.8 Å². The normalized spacial score (nSPS) is 13.9. The molecule has 1 rings (SSSR count). The van der Waals surface area contributed by atoms with Crippen LogP contribution in [0.1, 0.15) is 31.7 Å². The molecular weight excluding hydrogens is 266 g/mol. The first-order chi connectivity index (χ1) is 8.84. The van der Waals surface area contributed by atoms with Crippen LogP contribution in [0.5, 0.6) is 0 Å². The quantitative estimate of drug-likeness (QED) is 0.776. The highest BCUT2D eigenvalue weighted by Crippen LogP contribution is 2.06. The Bertz CT molecular complexity index is 484. The zero-order valence-electron chi connectivity index (χ0n) is 12.0. The fourth-order valence-electron chi connectivity index (χ4n) is 1.65. The van der Waals surface area contributed by atoms with E-state index in [-0.39, 0.29) is 11.8 Å². The molecule has 0 radical (unpaired) electrons. The number of aryl methyl sites for hydroxylation is 1. The third-order valence-electron chi connectivity index (χ3n) is 2.91. The average Bonchev–Trinajstić information content (AvgIpc) is 2.71. The minimum absolute atomic E-state index is 0.0867. The van der Waals surface area contributed by atoms with Crippen LogP contribution in [0.2, 0.25) is 0 Å². The van der Waals surface area contributed by atoms with Crippen molar-refractivity contribution in [2.24, 2.45) is 0 Å². The van der Waals surface area contributed by atoms with Gasteiger partial charge in [-0.3, -0.25) is 4.90 Å². The molecule has 0 unspecified atom stereocenters. The number of rotatable bonds is 8. The molecule has 0 saturated heterocycles. The second-order valence-corrected chi connectivity index (χ2v) is 6.79. The summed E-state index contributed by atoms with van der Waals surface area (Å²) in [4.78, 5) is 2.03. The molecule has 1 aromatic heterocycles. The van der Waals surface area contributed by atoms with Crippen molar-refractivity contribution in [3.05, 3.63) is 17.5 Å². The summed E-state index contributed by atoms with van der Waals surface area (Å²) in [7, 11) is -1.21. The van der Waals surface area contributed by atoms with E-state index in [0.29, 0.717) is 19.5 Å². The Morgan fingerprint density at radius 3 is 2.74 bits per heavy atom. The molecule has 1 aromatic rings. The van der Waals surface area contributed by atoms with Crippen molar-refractivity contribution in [3.8, 4) is 0 Å². The summed E-state index contributed by atoms with van der Waals surface area (Å²) >= 11 is 0. The van der Waals surface area contributed by atoms with Gasteiger partial charge in [0.25, 0.3) is 0 Å². The number of nitrogens with zero attached hydrogens (tertiary/aromatic N) is 2. The van der Waals surface area contributed by atoms with Crippen molar-refractivity contribution in [2.75, 3.05) is 19.3 Å². The number of likely N-dealkylation sites (N-methyl/N-ethyl adjacent to an activating group) is 1. The van der Waals surface area contributed by atoms with Gasteiger partial charge in [0.05, 0.1) is 11.4 Å². The molecule has 7 heteroatoms. The minimum atomic E-state index is -3.14. The highest BCUT2D eigenvalue weighted by Gasteiger charge is 2.15. The average molecular weight is 289 g/mol. The van der Waals surface area contributed by atoms with Gasteiger partial charge < -0.3 is 4.52 Å². The van der Waals surface area contributed by atoms with Crippen molar-refractivity contribution in [2.45, 2.75) is 39.8 Å². The van der Waals surface area contributed by atoms with Crippen LogP contribution in [0.4, 0.5) is 0 Å². The monoisotopic (exact) mass is 289 g/mol. The first-order valence-electron chi connectivity index (χ1n) is 6.44. The molecule has 19 heavy (non-hydrogen) atoms. The van der Waals surface area contributed by atoms with E-state index in [9.17, 15) is 8.42 Å². The smallest absolute Gasteiger partial charge is 0.211 e. The van der Waals surface area contributed by atoms with Gasteiger partial charge >= 0.3 is 0 Å². The molecule has 1 N–H and O–H groups in total. The van der Waals surface area contributed by atoms with Gasteiger partial charge in [-0.1, -0.05) is 12.1 Å². The molecule has 0 amide bonds. The molecule has 0 saturated carbocycles. The summed E-state index contributed by atoms with van der Waals surface area (Å²) in [6, 6.07) is 1.97. The van der Waals surface area contributed by atoms with E-state index in [0.717, 1.165) is 11.5 Å². The lowest BCUT2D eigenvalue weighted by molar-refractivity contribution is 0.242. The van der Waals surface area contributed by atoms with Crippen molar-refractivity contribution >= 4 is 10.0 Å². The first kappa shape index (κ1) is 16.1. The van der Waals surface area contributed by atoms with Crippen molar-refractivity contribution in [1.29, 1.82) is 0 Å². The summed E-state index contributed by atoms with van der Waals surface area (Å²) in [6.07, 6.45) is 0.623. The van der Waals surface area contributed by atoms with E-state index in [1.165, 1.54) is 0 Å². The lowest BCUT2D eigenvalue weighted by Crippen LogP contribution is -2.40. The highest BCUT2D eigenvalue weighted by molar-refractivity contribution is 7.89. The predicted molar refractivity (Wildman–Crippen MR) is 74.2 cm³/mol. The fourth-order valence-corrected chi connectivity index (χ4v) is 2.83. The number of hydrogen-bond donors (Lipinski definition) is 1. The van der Waals surface area contributed by atoms with Gasteiger partial charge in [0.15, 0.2) is 0 Å². The standard InChI is InChI=1S/C12H23N3O3S/c1-5-6-19(16,17)13-8-10(2)15(4)9-12-7-11(3)18-14-12/h7,10,13H,5-6,8-9H2,1-4H3/t10-/m0/s1. The molecule has 1 heterocycles. The Balaban J connectivity index is 2.42. The van der Waals surface area contributed by atoms with Crippen LogP contribution in [0.15, 0.2) is 10.6 Å². The van der Waals surface area contributed by atoms with Crippen LogP contribution in [0, 0.1) is 6.92 Å². The van der Waals surface area contributed by atoms with E-state index in [4.69, 9.17) is 4.52 Å². The van der Waals surface area contributed by atoms with Gasteiger partial charge in [0.1, 0.15) is 5.76 Å². The Hall–Kier alpha value is -0.920. The Morgan fingerprint density at radius 2 is 2.21 bits per heavy atom. The van der Waals surface area contributed by atoms with Crippen molar-refractivity contribution < 1.29 is 12.9 Å². The number of nitrogens with one attached hydrogen (secondary N) is 1. The zero-order chi connectivity index (χ0) is 14.5. The fraction of sp³-hybridized carbons (Fsp3) is 0.750. The van der Waals surface area contributed by atoms with Gasteiger partial charge in [-0.2, -0.15) is 0 Å². The second-order valence-electron chi connectivity index (χ2n) is 4.86. The molecule has 6 nitrogen and oxygen atoms in total. The third kappa shape index (κ3) is 5.71. The van der Waals surface area contributed by atoms with Crippen molar-refractivity contribution in [1.82, 2.24) is 14.8 Å². The topological polar surface area (TPSA) is 75.4 Å². The van der Waals surface area contributed by atoms with Crippen LogP contribution in [0.3, 0.4) is 0 Å². The van der Waals surface area contributed by atoms with Crippen LogP contribution in [0.25, 0.3) is 0 Å². The molecular formula is C12H23N3O3S. The summed E-state index contributed by atoms with van der Waals surface area (Å²) in [5.41, 5.74) is 0.850. The van der Waals surface area contributed by atoms with E-state index in [2.05, 4.69) is 9.88 Å². The molecule has 0 bridgehead atoms. The molecule has 0 fully saturated rings. The molecule has 0 aliphatic carbocycles. The Kier molecular flexibility index (Phi) is 5.96. The van der Waals surface area contributed by atoms with Gasteiger partial charge in [-0.25, -0.2) is 13.1 Å². The lowest BCUT2D eigenvalue weighted by Gasteiger charge is -2.23. The summed E-state index contributed by atoms with van der Waals surface area (Å²) in [6.45, 7) is 6.70.